The maximum Gasteiger partial charge on any atom is 0.321 e. The van der Waals surface area contributed by atoms with E-state index >= 15 is 0 Å². The predicted molar refractivity (Wildman–Crippen MR) is 77.9 cm³/mol. The fourth-order valence-electron chi connectivity index (χ4n) is 1.52. The number of carbonyl (C=O) groups is 2. The summed E-state index contributed by atoms with van der Waals surface area (Å²) in [5.74, 6) is 0.350. The number of rotatable bonds is 5. The highest BCUT2D eigenvalue weighted by atomic mass is 16.5. The first-order valence-electron chi connectivity index (χ1n) is 6.44. The number of hydrogen-bond donors (Lipinski definition) is 3. The monoisotopic (exact) mass is 279 g/mol. The molecule has 6 heteroatoms. The number of hydrogen-bond acceptors (Lipinski definition) is 4. The van der Waals surface area contributed by atoms with E-state index in [1.165, 1.54) is 0 Å². The summed E-state index contributed by atoms with van der Waals surface area (Å²) >= 11 is 0. The maximum atomic E-state index is 11.8. The molecule has 0 unspecified atom stereocenters. The molecule has 1 aromatic rings. The van der Waals surface area contributed by atoms with Crippen LogP contribution in [0.4, 0.5) is 10.5 Å². The van der Waals surface area contributed by atoms with Crippen LogP contribution in [0.3, 0.4) is 0 Å². The number of anilines is 1. The normalized spacial score (nSPS) is 11.7. The second-order valence-corrected chi connectivity index (χ2v) is 4.71. The first-order chi connectivity index (χ1) is 9.42. The Morgan fingerprint density at radius 2 is 1.70 bits per heavy atom. The Labute approximate surface area is 118 Å². The minimum Gasteiger partial charge on any atom is -0.497 e. The molecule has 3 amide bonds. The van der Waals surface area contributed by atoms with Gasteiger partial charge in [-0.1, -0.05) is 0 Å². The minimum absolute atomic E-state index is 0.0207. The van der Waals surface area contributed by atoms with Crippen molar-refractivity contribution in [3.63, 3.8) is 0 Å². The summed E-state index contributed by atoms with van der Waals surface area (Å²) in [6.07, 6.45) is 0. The fraction of sp³-hybridized carbons (Fsp3) is 0.429. The zero-order valence-electron chi connectivity index (χ0n) is 12.2. The Morgan fingerprint density at radius 1 is 1.10 bits per heavy atom. The molecule has 1 rings (SSSR count). The second kappa shape index (κ2) is 7.37. The first-order valence-corrected chi connectivity index (χ1v) is 6.44. The number of urea groups is 1. The number of imide groups is 1. The highest BCUT2D eigenvalue weighted by molar-refractivity contribution is 5.98. The van der Waals surface area contributed by atoms with Crippen molar-refractivity contribution in [1.29, 1.82) is 0 Å². The van der Waals surface area contributed by atoms with E-state index in [2.05, 4.69) is 16.0 Å². The van der Waals surface area contributed by atoms with Gasteiger partial charge in [0.1, 0.15) is 11.8 Å². The van der Waals surface area contributed by atoms with Crippen LogP contribution in [0.25, 0.3) is 0 Å². The van der Waals surface area contributed by atoms with Gasteiger partial charge < -0.3 is 15.4 Å². The van der Waals surface area contributed by atoms with Gasteiger partial charge in [0.2, 0.25) is 5.91 Å². The lowest BCUT2D eigenvalue weighted by atomic mass is 10.2. The Bertz CT molecular complexity index is 457. The average Bonchev–Trinajstić information content (AvgIpc) is 2.38. The molecule has 0 bridgehead atoms. The topological polar surface area (TPSA) is 79.5 Å². The van der Waals surface area contributed by atoms with E-state index in [-0.39, 0.29) is 11.9 Å². The standard InChI is InChI=1S/C14H21N3O3/c1-9(2)15-14(19)17-13(18)10(3)16-11-5-7-12(20-4)8-6-11/h5-10,16H,1-4H3,(H2,15,17,18,19)/t10-/m0/s1. The van der Waals surface area contributed by atoms with Crippen molar-refractivity contribution < 1.29 is 14.3 Å². The molecular formula is C14H21N3O3. The maximum absolute atomic E-state index is 11.8. The third-order valence-electron chi connectivity index (χ3n) is 2.52. The number of carbonyl (C=O) groups excluding carboxylic acids is 2. The Balaban J connectivity index is 2.50. The van der Waals surface area contributed by atoms with Gasteiger partial charge in [0.25, 0.3) is 0 Å². The third-order valence-corrected chi connectivity index (χ3v) is 2.52. The summed E-state index contributed by atoms with van der Waals surface area (Å²) in [6, 6.07) is 6.15. The Kier molecular flexibility index (Phi) is 5.83. The summed E-state index contributed by atoms with van der Waals surface area (Å²) in [7, 11) is 1.59. The van der Waals surface area contributed by atoms with E-state index in [4.69, 9.17) is 4.74 Å². The molecular weight excluding hydrogens is 258 g/mol. The lowest BCUT2D eigenvalue weighted by molar-refractivity contribution is -0.120. The summed E-state index contributed by atoms with van der Waals surface area (Å²) in [5.41, 5.74) is 0.776. The molecule has 110 valence electrons. The molecule has 0 heterocycles. The van der Waals surface area contributed by atoms with E-state index < -0.39 is 12.1 Å². The molecule has 0 spiro atoms. The van der Waals surface area contributed by atoms with Crippen molar-refractivity contribution >= 4 is 17.6 Å². The Hall–Kier alpha value is -2.24. The van der Waals surface area contributed by atoms with E-state index in [1.807, 2.05) is 13.8 Å². The molecule has 3 N–H and O–H groups in total. The highest BCUT2D eigenvalue weighted by Crippen LogP contribution is 2.15. The number of nitrogens with one attached hydrogen (secondary N) is 3. The molecule has 0 aliphatic rings. The average molecular weight is 279 g/mol. The fourth-order valence-corrected chi connectivity index (χ4v) is 1.52. The zero-order chi connectivity index (χ0) is 15.1. The molecule has 0 radical (unpaired) electrons. The molecule has 6 nitrogen and oxygen atoms in total. The van der Waals surface area contributed by atoms with Crippen molar-refractivity contribution in [3.05, 3.63) is 24.3 Å². The van der Waals surface area contributed by atoms with Gasteiger partial charge in [0.05, 0.1) is 7.11 Å². The quantitative estimate of drug-likeness (QED) is 0.767. The number of ether oxygens (including phenoxy) is 1. The van der Waals surface area contributed by atoms with Gasteiger partial charge in [-0.2, -0.15) is 0 Å². The van der Waals surface area contributed by atoms with Gasteiger partial charge in [0, 0.05) is 11.7 Å². The smallest absolute Gasteiger partial charge is 0.321 e. The number of benzene rings is 1. The van der Waals surface area contributed by atoms with E-state index in [0.717, 1.165) is 11.4 Å². The highest BCUT2D eigenvalue weighted by Gasteiger charge is 2.15. The van der Waals surface area contributed by atoms with Crippen molar-refractivity contribution in [1.82, 2.24) is 10.6 Å². The first kappa shape index (κ1) is 15.8. The van der Waals surface area contributed by atoms with Crippen LogP contribution in [0.5, 0.6) is 5.75 Å². The van der Waals surface area contributed by atoms with E-state index in [1.54, 1.807) is 38.3 Å². The van der Waals surface area contributed by atoms with Gasteiger partial charge in [0.15, 0.2) is 0 Å². The molecule has 0 aliphatic heterocycles. The van der Waals surface area contributed by atoms with Crippen molar-refractivity contribution in [2.45, 2.75) is 32.9 Å². The van der Waals surface area contributed by atoms with Crippen molar-refractivity contribution in [3.8, 4) is 5.75 Å². The van der Waals surface area contributed by atoms with Gasteiger partial charge in [-0.25, -0.2) is 4.79 Å². The Morgan fingerprint density at radius 3 is 2.20 bits per heavy atom. The number of methoxy groups -OCH3 is 1. The van der Waals surface area contributed by atoms with Crippen LogP contribution in [0.2, 0.25) is 0 Å². The van der Waals surface area contributed by atoms with Gasteiger partial charge in [-0.05, 0) is 45.0 Å². The van der Waals surface area contributed by atoms with Gasteiger partial charge in [-0.3, -0.25) is 10.1 Å². The van der Waals surface area contributed by atoms with Crippen LogP contribution in [-0.4, -0.2) is 31.1 Å². The molecule has 0 saturated carbocycles. The molecule has 0 fully saturated rings. The predicted octanol–water partition coefficient (Wildman–Crippen LogP) is 1.73. The third kappa shape index (κ3) is 5.17. The molecule has 1 aromatic carbocycles. The van der Waals surface area contributed by atoms with Crippen LogP contribution in [-0.2, 0) is 4.79 Å². The molecule has 0 aromatic heterocycles. The summed E-state index contributed by atoms with van der Waals surface area (Å²) in [5, 5.41) is 7.87. The lowest BCUT2D eigenvalue weighted by Crippen LogP contribution is -2.47. The van der Waals surface area contributed by atoms with Gasteiger partial charge >= 0.3 is 6.03 Å². The summed E-state index contributed by atoms with van der Waals surface area (Å²) < 4.78 is 5.05. The summed E-state index contributed by atoms with van der Waals surface area (Å²) in [6.45, 7) is 5.33. The molecule has 0 saturated heterocycles. The molecule has 20 heavy (non-hydrogen) atoms. The zero-order valence-corrected chi connectivity index (χ0v) is 12.2. The second-order valence-electron chi connectivity index (χ2n) is 4.71. The summed E-state index contributed by atoms with van der Waals surface area (Å²) in [4.78, 5) is 23.2. The molecule has 1 atom stereocenters. The van der Waals surface area contributed by atoms with E-state index in [0.29, 0.717) is 0 Å². The van der Waals surface area contributed by atoms with Crippen LogP contribution in [0, 0.1) is 0 Å². The van der Waals surface area contributed by atoms with Crippen LogP contribution in [0.15, 0.2) is 24.3 Å². The van der Waals surface area contributed by atoms with Crippen LogP contribution in [0.1, 0.15) is 20.8 Å². The SMILES string of the molecule is COc1ccc(N[C@@H](C)C(=O)NC(=O)NC(C)C)cc1. The minimum atomic E-state index is -0.527. The largest absolute Gasteiger partial charge is 0.497 e. The van der Waals surface area contributed by atoms with E-state index in [9.17, 15) is 9.59 Å². The lowest BCUT2D eigenvalue weighted by Gasteiger charge is -2.16. The van der Waals surface area contributed by atoms with Crippen molar-refractivity contribution in [2.24, 2.45) is 0 Å². The van der Waals surface area contributed by atoms with Gasteiger partial charge in [-0.15, -0.1) is 0 Å². The van der Waals surface area contributed by atoms with Crippen molar-refractivity contribution in [2.75, 3.05) is 12.4 Å². The van der Waals surface area contributed by atoms with Crippen LogP contribution >= 0.6 is 0 Å². The van der Waals surface area contributed by atoms with Crippen LogP contribution < -0.4 is 20.7 Å². The molecule has 0 aliphatic carbocycles. The number of amides is 3.